The van der Waals surface area contributed by atoms with Crippen LogP contribution in [0.5, 0.6) is 5.75 Å². The van der Waals surface area contributed by atoms with Crippen LogP contribution in [0.1, 0.15) is 38.2 Å². The number of ether oxygens (including phenoxy) is 1. The largest absolute Gasteiger partial charge is 0.490 e. The first-order valence-electron chi connectivity index (χ1n) is 7.60. The van der Waals surface area contributed by atoms with Gasteiger partial charge in [-0.1, -0.05) is 32.3 Å². The average Bonchev–Trinajstić information content (AvgIpc) is 2.46. The van der Waals surface area contributed by atoms with E-state index in [0.717, 1.165) is 44.1 Å². The second-order valence-corrected chi connectivity index (χ2v) is 5.17. The fourth-order valence-electron chi connectivity index (χ4n) is 2.38. The summed E-state index contributed by atoms with van der Waals surface area (Å²) < 4.78 is 5.58. The number of unbranched alkanes of at least 4 members (excludes halogenated alkanes) is 3. The summed E-state index contributed by atoms with van der Waals surface area (Å²) in [6, 6.07) is 6.47. The van der Waals surface area contributed by atoms with E-state index in [1.54, 1.807) is 0 Å². The molecule has 0 unspecified atom stereocenters. The molecule has 106 valence electrons. The molecule has 2 rings (SSSR count). The first kappa shape index (κ1) is 14.2. The molecule has 0 saturated carbocycles. The summed E-state index contributed by atoms with van der Waals surface area (Å²) in [5, 5.41) is 6.90. The van der Waals surface area contributed by atoms with Crippen LogP contribution in [0.2, 0.25) is 0 Å². The first-order valence-corrected chi connectivity index (χ1v) is 7.60. The number of benzene rings is 1. The summed E-state index contributed by atoms with van der Waals surface area (Å²) in [4.78, 5) is 0. The lowest BCUT2D eigenvalue weighted by atomic mass is 10.1. The molecular weight excluding hydrogens is 236 g/mol. The molecule has 19 heavy (non-hydrogen) atoms. The van der Waals surface area contributed by atoms with E-state index in [0.29, 0.717) is 0 Å². The highest BCUT2D eigenvalue weighted by molar-refractivity contribution is 5.59. The quantitative estimate of drug-likeness (QED) is 0.706. The van der Waals surface area contributed by atoms with Gasteiger partial charge in [0.05, 0.1) is 5.69 Å². The van der Waals surface area contributed by atoms with Crippen LogP contribution in [0, 0.1) is 0 Å². The van der Waals surface area contributed by atoms with Crippen LogP contribution in [0.25, 0.3) is 0 Å². The molecule has 0 radical (unpaired) electrons. The van der Waals surface area contributed by atoms with Gasteiger partial charge in [0.1, 0.15) is 12.4 Å². The lowest BCUT2D eigenvalue weighted by molar-refractivity contribution is 0.323. The summed E-state index contributed by atoms with van der Waals surface area (Å²) >= 11 is 0. The van der Waals surface area contributed by atoms with Crippen LogP contribution in [-0.4, -0.2) is 26.2 Å². The van der Waals surface area contributed by atoms with Gasteiger partial charge in [-0.25, -0.2) is 0 Å². The summed E-state index contributed by atoms with van der Waals surface area (Å²) in [6.45, 7) is 6.14. The van der Waals surface area contributed by atoms with Gasteiger partial charge >= 0.3 is 0 Å². The fourth-order valence-corrected chi connectivity index (χ4v) is 2.38. The van der Waals surface area contributed by atoms with Crippen LogP contribution in [-0.2, 0) is 6.42 Å². The molecule has 0 saturated heterocycles. The second kappa shape index (κ2) is 8.05. The molecule has 1 aliphatic heterocycles. The zero-order valence-corrected chi connectivity index (χ0v) is 12.0. The number of rotatable bonds is 8. The molecule has 3 heteroatoms. The standard InChI is InChI=1S/C16H26N2O/c1-2-3-4-5-9-17-10-8-14-6-7-16-15(13-14)18-11-12-19-16/h6-7,13,17-18H,2-5,8-12H2,1H3. The van der Waals surface area contributed by atoms with Crippen molar-refractivity contribution in [1.29, 1.82) is 0 Å². The first-order chi connectivity index (χ1) is 9.40. The van der Waals surface area contributed by atoms with E-state index in [-0.39, 0.29) is 0 Å². The van der Waals surface area contributed by atoms with Crippen molar-refractivity contribution in [1.82, 2.24) is 5.32 Å². The Balaban J connectivity index is 1.66. The molecule has 0 spiro atoms. The van der Waals surface area contributed by atoms with Crippen molar-refractivity contribution in [3.8, 4) is 5.75 Å². The normalized spacial score (nSPS) is 13.5. The predicted octanol–water partition coefficient (Wildman–Crippen LogP) is 3.20. The van der Waals surface area contributed by atoms with E-state index in [9.17, 15) is 0 Å². The number of fused-ring (bicyclic) bond motifs is 1. The van der Waals surface area contributed by atoms with Crippen molar-refractivity contribution in [3.63, 3.8) is 0 Å². The number of hydrogen-bond donors (Lipinski definition) is 2. The van der Waals surface area contributed by atoms with Crippen molar-refractivity contribution in [2.75, 3.05) is 31.6 Å². The third-order valence-electron chi connectivity index (χ3n) is 3.52. The van der Waals surface area contributed by atoms with Gasteiger partial charge in [0.25, 0.3) is 0 Å². The van der Waals surface area contributed by atoms with Gasteiger partial charge in [0, 0.05) is 6.54 Å². The van der Waals surface area contributed by atoms with E-state index in [1.807, 2.05) is 0 Å². The minimum atomic E-state index is 0.770. The van der Waals surface area contributed by atoms with E-state index in [1.165, 1.54) is 31.2 Å². The number of anilines is 1. The van der Waals surface area contributed by atoms with Crippen molar-refractivity contribution >= 4 is 5.69 Å². The maximum atomic E-state index is 5.58. The molecule has 0 fully saturated rings. The summed E-state index contributed by atoms with van der Waals surface area (Å²) in [5.41, 5.74) is 2.52. The molecule has 0 aliphatic carbocycles. The van der Waals surface area contributed by atoms with Crippen LogP contribution in [0.4, 0.5) is 5.69 Å². The van der Waals surface area contributed by atoms with E-state index in [4.69, 9.17) is 4.74 Å². The maximum absolute atomic E-state index is 5.58. The summed E-state index contributed by atoms with van der Waals surface area (Å²) in [5.74, 6) is 0.988. The van der Waals surface area contributed by atoms with Gasteiger partial charge in [0.15, 0.2) is 0 Å². The van der Waals surface area contributed by atoms with Crippen molar-refractivity contribution < 1.29 is 4.74 Å². The van der Waals surface area contributed by atoms with E-state index < -0.39 is 0 Å². The van der Waals surface area contributed by atoms with Gasteiger partial charge in [-0.05, 0) is 43.6 Å². The number of hydrogen-bond acceptors (Lipinski definition) is 3. The molecule has 0 atom stereocenters. The van der Waals surface area contributed by atoms with Gasteiger partial charge in [-0.3, -0.25) is 0 Å². The minimum absolute atomic E-state index is 0.770. The Hall–Kier alpha value is -1.22. The highest BCUT2D eigenvalue weighted by atomic mass is 16.5. The third-order valence-corrected chi connectivity index (χ3v) is 3.52. The van der Waals surface area contributed by atoms with Crippen LogP contribution >= 0.6 is 0 Å². The van der Waals surface area contributed by atoms with Crippen LogP contribution < -0.4 is 15.4 Å². The topological polar surface area (TPSA) is 33.3 Å². The summed E-state index contributed by atoms with van der Waals surface area (Å²) in [7, 11) is 0. The van der Waals surface area contributed by atoms with Crippen LogP contribution in [0.3, 0.4) is 0 Å². The monoisotopic (exact) mass is 262 g/mol. The lowest BCUT2D eigenvalue weighted by Crippen LogP contribution is -2.20. The number of nitrogens with one attached hydrogen (secondary N) is 2. The SMILES string of the molecule is CCCCCCNCCc1ccc2c(c1)NCCO2. The molecule has 0 amide bonds. The Labute approximate surface area is 116 Å². The molecule has 2 N–H and O–H groups in total. The van der Waals surface area contributed by atoms with Crippen LogP contribution in [0.15, 0.2) is 18.2 Å². The molecule has 3 nitrogen and oxygen atoms in total. The maximum Gasteiger partial charge on any atom is 0.142 e. The molecule has 1 aromatic rings. The highest BCUT2D eigenvalue weighted by Gasteiger charge is 2.09. The third kappa shape index (κ3) is 4.75. The Kier molecular flexibility index (Phi) is 6.02. The Morgan fingerprint density at radius 3 is 3.05 bits per heavy atom. The van der Waals surface area contributed by atoms with Gasteiger partial charge in [-0.2, -0.15) is 0 Å². The van der Waals surface area contributed by atoms with Crippen molar-refractivity contribution in [3.05, 3.63) is 23.8 Å². The Morgan fingerprint density at radius 2 is 2.16 bits per heavy atom. The molecule has 0 bridgehead atoms. The van der Waals surface area contributed by atoms with Crippen molar-refractivity contribution in [2.24, 2.45) is 0 Å². The second-order valence-electron chi connectivity index (χ2n) is 5.17. The summed E-state index contributed by atoms with van der Waals surface area (Å²) in [6.07, 6.45) is 6.40. The lowest BCUT2D eigenvalue weighted by Gasteiger charge is -2.19. The predicted molar refractivity (Wildman–Crippen MR) is 81.1 cm³/mol. The van der Waals surface area contributed by atoms with Crippen molar-refractivity contribution in [2.45, 2.75) is 39.0 Å². The minimum Gasteiger partial charge on any atom is -0.490 e. The Bertz CT molecular complexity index is 379. The van der Waals surface area contributed by atoms with Gasteiger partial charge in [0.2, 0.25) is 0 Å². The zero-order valence-electron chi connectivity index (χ0n) is 12.0. The van der Waals surface area contributed by atoms with Gasteiger partial charge < -0.3 is 15.4 Å². The average molecular weight is 262 g/mol. The van der Waals surface area contributed by atoms with E-state index in [2.05, 4.69) is 35.8 Å². The van der Waals surface area contributed by atoms with Gasteiger partial charge in [-0.15, -0.1) is 0 Å². The fraction of sp³-hybridized carbons (Fsp3) is 0.625. The molecule has 1 heterocycles. The zero-order chi connectivity index (χ0) is 13.3. The highest BCUT2D eigenvalue weighted by Crippen LogP contribution is 2.27. The molecule has 1 aromatic carbocycles. The molecular formula is C16H26N2O. The van der Waals surface area contributed by atoms with E-state index >= 15 is 0 Å². The Morgan fingerprint density at radius 1 is 1.21 bits per heavy atom. The smallest absolute Gasteiger partial charge is 0.142 e. The molecule has 1 aliphatic rings. The molecule has 0 aromatic heterocycles.